The zero-order valence-corrected chi connectivity index (χ0v) is 15.7. The number of nitriles is 1. The fourth-order valence-corrected chi connectivity index (χ4v) is 4.01. The van der Waals surface area contributed by atoms with Gasteiger partial charge in [-0.1, -0.05) is 70.6 Å². The van der Waals surface area contributed by atoms with E-state index in [1.54, 1.807) is 6.20 Å². The normalized spacial score (nSPS) is 22.4. The Hall–Kier alpha value is -1.50. The first kappa shape index (κ1) is 19.8. The second kappa shape index (κ2) is 12.0. The number of nitrogens with one attached hydrogen (secondary N) is 2. The van der Waals surface area contributed by atoms with E-state index in [-0.39, 0.29) is 17.5 Å². The molecule has 2 N–H and O–H groups in total. The molecule has 0 radical (unpaired) electrons. The van der Waals surface area contributed by atoms with Crippen LogP contribution < -0.4 is 10.6 Å². The Kier molecular flexibility index (Phi) is 9.47. The van der Waals surface area contributed by atoms with Crippen LogP contribution in [0.2, 0.25) is 0 Å². The van der Waals surface area contributed by atoms with E-state index in [1.165, 1.54) is 70.6 Å². The van der Waals surface area contributed by atoms with E-state index in [4.69, 9.17) is 0 Å². The average molecular weight is 346 g/mol. The first-order chi connectivity index (χ1) is 12.3. The lowest BCUT2D eigenvalue weighted by Crippen LogP contribution is -2.34. The third-order valence-electron chi connectivity index (χ3n) is 5.62. The van der Waals surface area contributed by atoms with Gasteiger partial charge in [-0.05, 0) is 25.7 Å². The van der Waals surface area contributed by atoms with Crippen LogP contribution >= 0.6 is 0 Å². The number of carbonyl (C=O) groups is 1. The third kappa shape index (κ3) is 7.94. The van der Waals surface area contributed by atoms with Gasteiger partial charge in [0.2, 0.25) is 0 Å². The molecule has 4 heteroatoms. The van der Waals surface area contributed by atoms with Gasteiger partial charge in [0, 0.05) is 18.3 Å². The minimum Gasteiger partial charge on any atom is -0.387 e. The summed E-state index contributed by atoms with van der Waals surface area (Å²) in [5.74, 6) is -0.213. The topological polar surface area (TPSA) is 64.9 Å². The molecule has 0 unspecified atom stereocenters. The maximum Gasteiger partial charge on any atom is 0.263 e. The van der Waals surface area contributed by atoms with Crippen molar-refractivity contribution < 1.29 is 4.79 Å². The van der Waals surface area contributed by atoms with Gasteiger partial charge < -0.3 is 10.6 Å². The van der Waals surface area contributed by atoms with Gasteiger partial charge >= 0.3 is 0 Å². The Labute approximate surface area is 153 Å². The molecule has 140 valence electrons. The van der Waals surface area contributed by atoms with Gasteiger partial charge in [-0.3, -0.25) is 4.79 Å². The minimum atomic E-state index is -0.213. The van der Waals surface area contributed by atoms with E-state index in [1.807, 2.05) is 0 Å². The highest BCUT2D eigenvalue weighted by atomic mass is 16.1. The van der Waals surface area contributed by atoms with E-state index < -0.39 is 0 Å². The van der Waals surface area contributed by atoms with Crippen LogP contribution in [0.4, 0.5) is 0 Å². The van der Waals surface area contributed by atoms with Crippen molar-refractivity contribution in [3.63, 3.8) is 0 Å². The van der Waals surface area contributed by atoms with Gasteiger partial charge in [0.25, 0.3) is 5.91 Å². The third-order valence-corrected chi connectivity index (χ3v) is 5.62. The van der Waals surface area contributed by atoms with Crippen molar-refractivity contribution >= 4 is 5.91 Å². The van der Waals surface area contributed by atoms with Crippen molar-refractivity contribution in [2.75, 3.05) is 0 Å². The summed E-state index contributed by atoms with van der Waals surface area (Å²) in [5, 5.41) is 15.7. The lowest BCUT2D eigenvalue weighted by molar-refractivity contribution is -0.117. The molecule has 0 aromatic heterocycles. The number of carbonyl (C=O) groups excluding carboxylic acids is 1. The number of hydrogen-bond donors (Lipinski definition) is 2. The fourth-order valence-electron chi connectivity index (χ4n) is 4.01. The molecular formula is C21H35N3O. The molecule has 2 fully saturated rings. The van der Waals surface area contributed by atoms with Crippen molar-refractivity contribution in [2.45, 2.75) is 108 Å². The van der Waals surface area contributed by atoms with Crippen molar-refractivity contribution in [2.24, 2.45) is 0 Å². The zero-order chi connectivity index (χ0) is 17.7. The molecule has 0 spiro atoms. The van der Waals surface area contributed by atoms with Crippen LogP contribution in [0.15, 0.2) is 11.8 Å². The highest BCUT2D eigenvalue weighted by molar-refractivity contribution is 5.97. The Bertz CT molecular complexity index is 448. The maximum atomic E-state index is 12.3. The van der Waals surface area contributed by atoms with Gasteiger partial charge in [0.1, 0.15) is 11.6 Å². The minimum absolute atomic E-state index is 0.213. The Morgan fingerprint density at radius 1 is 0.760 bits per heavy atom. The molecular weight excluding hydrogens is 310 g/mol. The summed E-state index contributed by atoms with van der Waals surface area (Å²) in [4.78, 5) is 12.3. The smallest absolute Gasteiger partial charge is 0.263 e. The highest BCUT2D eigenvalue weighted by Gasteiger charge is 2.19. The Morgan fingerprint density at radius 3 is 1.72 bits per heavy atom. The quantitative estimate of drug-likeness (QED) is 0.572. The molecule has 2 saturated carbocycles. The van der Waals surface area contributed by atoms with Crippen molar-refractivity contribution in [1.29, 1.82) is 5.26 Å². The predicted octanol–water partition coefficient (Wildman–Crippen LogP) is 4.72. The fraction of sp³-hybridized carbons (Fsp3) is 0.810. The maximum absolute atomic E-state index is 12.3. The van der Waals surface area contributed by atoms with Crippen LogP contribution in [0.5, 0.6) is 0 Å². The van der Waals surface area contributed by atoms with E-state index >= 15 is 0 Å². The van der Waals surface area contributed by atoms with E-state index in [2.05, 4.69) is 16.7 Å². The Morgan fingerprint density at radius 2 is 1.20 bits per heavy atom. The van der Waals surface area contributed by atoms with Crippen LogP contribution in [0, 0.1) is 11.3 Å². The molecule has 25 heavy (non-hydrogen) atoms. The summed E-state index contributed by atoms with van der Waals surface area (Å²) >= 11 is 0. The van der Waals surface area contributed by atoms with Gasteiger partial charge in [0.15, 0.2) is 0 Å². The summed E-state index contributed by atoms with van der Waals surface area (Å²) < 4.78 is 0. The molecule has 1 amide bonds. The molecule has 0 heterocycles. The van der Waals surface area contributed by atoms with Crippen LogP contribution in [-0.2, 0) is 4.79 Å². The Balaban J connectivity index is 1.82. The lowest BCUT2D eigenvalue weighted by atomic mass is 9.98. The largest absolute Gasteiger partial charge is 0.387 e. The lowest BCUT2D eigenvalue weighted by Gasteiger charge is -2.19. The molecule has 2 aliphatic carbocycles. The molecule has 2 rings (SSSR count). The van der Waals surface area contributed by atoms with Gasteiger partial charge in [0.05, 0.1) is 0 Å². The molecule has 4 nitrogen and oxygen atoms in total. The van der Waals surface area contributed by atoms with Crippen molar-refractivity contribution in [3.05, 3.63) is 11.8 Å². The van der Waals surface area contributed by atoms with Gasteiger partial charge in [-0.2, -0.15) is 5.26 Å². The van der Waals surface area contributed by atoms with E-state index in [9.17, 15) is 10.1 Å². The predicted molar refractivity (Wildman–Crippen MR) is 102 cm³/mol. The summed E-state index contributed by atoms with van der Waals surface area (Å²) in [5.41, 5.74) is 0.220. The molecule has 0 aromatic carbocycles. The first-order valence-electron chi connectivity index (χ1n) is 10.5. The molecule has 0 aliphatic heterocycles. The summed E-state index contributed by atoms with van der Waals surface area (Å²) in [6.45, 7) is 0. The molecule has 0 atom stereocenters. The van der Waals surface area contributed by atoms with E-state index in [0.717, 1.165) is 25.7 Å². The number of nitrogens with zero attached hydrogens (tertiary/aromatic N) is 1. The monoisotopic (exact) mass is 345 g/mol. The molecule has 0 bridgehead atoms. The molecule has 0 saturated heterocycles. The van der Waals surface area contributed by atoms with Crippen LogP contribution in [0.1, 0.15) is 96.3 Å². The summed E-state index contributed by atoms with van der Waals surface area (Å²) in [6.07, 6.45) is 20.3. The number of amides is 1. The molecule has 0 aromatic rings. The standard InChI is InChI=1S/C21H35N3O/c22-16-18(21(25)24-20-14-10-11-15-20)17-23-19-12-8-6-4-2-1-3-5-7-9-13-19/h17,19-20,23H,1-15H2,(H,24,25)/b18-17-. The number of rotatable bonds is 4. The highest BCUT2D eigenvalue weighted by Crippen LogP contribution is 2.19. The van der Waals surface area contributed by atoms with Crippen LogP contribution in [-0.4, -0.2) is 18.0 Å². The van der Waals surface area contributed by atoms with Crippen LogP contribution in [0.25, 0.3) is 0 Å². The second-order valence-corrected chi connectivity index (χ2v) is 7.75. The zero-order valence-electron chi connectivity index (χ0n) is 15.7. The average Bonchev–Trinajstić information content (AvgIpc) is 3.10. The SMILES string of the molecule is N#C/C(=C/NC1CCCCCCCCCCC1)C(=O)NC1CCCC1. The van der Waals surface area contributed by atoms with Gasteiger partial charge in [-0.15, -0.1) is 0 Å². The second-order valence-electron chi connectivity index (χ2n) is 7.75. The van der Waals surface area contributed by atoms with Crippen LogP contribution in [0.3, 0.4) is 0 Å². The summed E-state index contributed by atoms with van der Waals surface area (Å²) in [7, 11) is 0. The van der Waals surface area contributed by atoms with Crippen molar-refractivity contribution in [3.8, 4) is 6.07 Å². The molecule has 2 aliphatic rings. The van der Waals surface area contributed by atoms with Gasteiger partial charge in [-0.25, -0.2) is 0 Å². The first-order valence-corrected chi connectivity index (χ1v) is 10.5. The number of hydrogen-bond acceptors (Lipinski definition) is 3. The van der Waals surface area contributed by atoms with Crippen molar-refractivity contribution in [1.82, 2.24) is 10.6 Å². The van der Waals surface area contributed by atoms with E-state index in [0.29, 0.717) is 6.04 Å². The summed E-state index contributed by atoms with van der Waals surface area (Å²) in [6, 6.07) is 2.72.